The highest BCUT2D eigenvalue weighted by molar-refractivity contribution is 4.86. The first-order chi connectivity index (χ1) is 6.36. The summed E-state index contributed by atoms with van der Waals surface area (Å²) < 4.78 is 5.07. The van der Waals surface area contributed by atoms with Crippen LogP contribution < -0.4 is 5.32 Å². The van der Waals surface area contributed by atoms with Crippen LogP contribution in [0, 0.1) is 0 Å². The largest absolute Gasteiger partial charge is 0.339 e. The normalized spacial score (nSPS) is 10.6. The van der Waals surface area contributed by atoms with Gasteiger partial charge >= 0.3 is 0 Å². The van der Waals surface area contributed by atoms with E-state index in [1.165, 1.54) is 0 Å². The molecule has 0 aliphatic carbocycles. The minimum absolute atomic E-state index is 0.771. The van der Waals surface area contributed by atoms with E-state index >= 15 is 0 Å². The van der Waals surface area contributed by atoms with E-state index in [9.17, 15) is 0 Å². The van der Waals surface area contributed by atoms with Gasteiger partial charge in [0.05, 0.1) is 0 Å². The third-order valence-corrected chi connectivity index (χ3v) is 1.85. The predicted octanol–water partition coefficient (Wildman–Crippen LogP) is 1.17. The summed E-state index contributed by atoms with van der Waals surface area (Å²) in [6, 6.07) is 0. The number of unbranched alkanes of at least 4 members (excludes halogenated alkanes) is 1. The molecule has 0 saturated heterocycles. The molecule has 0 aromatic carbocycles. The van der Waals surface area contributed by atoms with E-state index in [-0.39, 0.29) is 0 Å². The molecule has 1 aromatic heterocycles. The standard InChI is InChI=1S/C9H17N3O/c1-3-4-5-9-11-8(12-13-9)6-7-10-2/h10H,3-7H2,1-2H3. The van der Waals surface area contributed by atoms with E-state index in [0.717, 1.165) is 43.9 Å². The number of hydrogen-bond acceptors (Lipinski definition) is 4. The lowest BCUT2D eigenvalue weighted by atomic mass is 10.2. The van der Waals surface area contributed by atoms with Crippen LogP contribution in [0.25, 0.3) is 0 Å². The fourth-order valence-electron chi connectivity index (χ4n) is 1.06. The molecule has 0 radical (unpaired) electrons. The number of aryl methyl sites for hydroxylation is 1. The molecule has 4 nitrogen and oxygen atoms in total. The van der Waals surface area contributed by atoms with Crippen molar-refractivity contribution in [1.29, 1.82) is 0 Å². The molecule has 0 atom stereocenters. The SMILES string of the molecule is CCCCc1nc(CCNC)no1. The first-order valence-electron chi connectivity index (χ1n) is 4.83. The molecule has 0 saturated carbocycles. The predicted molar refractivity (Wildman–Crippen MR) is 50.5 cm³/mol. The second kappa shape index (κ2) is 5.70. The van der Waals surface area contributed by atoms with E-state index in [4.69, 9.17) is 4.52 Å². The fourth-order valence-corrected chi connectivity index (χ4v) is 1.06. The molecule has 1 heterocycles. The van der Waals surface area contributed by atoms with Gasteiger partial charge in [-0.15, -0.1) is 0 Å². The Kier molecular flexibility index (Phi) is 4.46. The molecule has 0 bridgehead atoms. The van der Waals surface area contributed by atoms with E-state index < -0.39 is 0 Å². The molecule has 4 heteroatoms. The van der Waals surface area contributed by atoms with E-state index in [0.29, 0.717) is 0 Å². The van der Waals surface area contributed by atoms with Gasteiger partial charge in [-0.05, 0) is 13.5 Å². The van der Waals surface area contributed by atoms with Gasteiger partial charge in [0, 0.05) is 19.4 Å². The van der Waals surface area contributed by atoms with Crippen molar-refractivity contribution >= 4 is 0 Å². The average Bonchev–Trinajstić information content (AvgIpc) is 2.59. The highest BCUT2D eigenvalue weighted by Gasteiger charge is 2.04. The summed E-state index contributed by atoms with van der Waals surface area (Å²) in [6.45, 7) is 3.05. The van der Waals surface area contributed by atoms with Crippen molar-refractivity contribution in [3.63, 3.8) is 0 Å². The molecule has 0 aliphatic heterocycles. The molecule has 13 heavy (non-hydrogen) atoms. The summed E-state index contributed by atoms with van der Waals surface area (Å²) in [5.74, 6) is 1.58. The number of hydrogen-bond donors (Lipinski definition) is 1. The maximum Gasteiger partial charge on any atom is 0.226 e. The van der Waals surface area contributed by atoms with Gasteiger partial charge in [-0.3, -0.25) is 0 Å². The summed E-state index contributed by atoms with van der Waals surface area (Å²) in [5.41, 5.74) is 0. The number of nitrogens with zero attached hydrogens (tertiary/aromatic N) is 2. The molecule has 0 spiro atoms. The number of likely N-dealkylation sites (N-methyl/N-ethyl adjacent to an activating group) is 1. The average molecular weight is 183 g/mol. The maximum atomic E-state index is 5.07. The third kappa shape index (κ3) is 3.55. The van der Waals surface area contributed by atoms with E-state index in [1.54, 1.807) is 0 Å². The smallest absolute Gasteiger partial charge is 0.226 e. The van der Waals surface area contributed by atoms with Crippen molar-refractivity contribution < 1.29 is 4.52 Å². The Balaban J connectivity index is 2.34. The van der Waals surface area contributed by atoms with Crippen LogP contribution in [0.15, 0.2) is 4.52 Å². The highest BCUT2D eigenvalue weighted by Crippen LogP contribution is 2.02. The molecule has 0 amide bonds. The van der Waals surface area contributed by atoms with Crippen LogP contribution in [0.1, 0.15) is 31.5 Å². The lowest BCUT2D eigenvalue weighted by molar-refractivity contribution is 0.370. The summed E-state index contributed by atoms with van der Waals surface area (Å²) in [7, 11) is 1.91. The van der Waals surface area contributed by atoms with Crippen LogP contribution in [0.5, 0.6) is 0 Å². The van der Waals surface area contributed by atoms with Crippen LogP contribution in [0.2, 0.25) is 0 Å². The molecule has 1 N–H and O–H groups in total. The molecule has 1 rings (SSSR count). The van der Waals surface area contributed by atoms with E-state index in [2.05, 4.69) is 22.4 Å². The number of aromatic nitrogens is 2. The van der Waals surface area contributed by atoms with Gasteiger partial charge < -0.3 is 9.84 Å². The summed E-state index contributed by atoms with van der Waals surface area (Å²) in [6.07, 6.45) is 4.02. The van der Waals surface area contributed by atoms with Crippen molar-refractivity contribution in [2.45, 2.75) is 32.6 Å². The molecular weight excluding hydrogens is 166 g/mol. The first kappa shape index (κ1) is 10.2. The summed E-state index contributed by atoms with van der Waals surface area (Å²) >= 11 is 0. The van der Waals surface area contributed by atoms with Crippen molar-refractivity contribution in [2.24, 2.45) is 0 Å². The highest BCUT2D eigenvalue weighted by atomic mass is 16.5. The monoisotopic (exact) mass is 183 g/mol. The van der Waals surface area contributed by atoms with Gasteiger partial charge in [-0.25, -0.2) is 0 Å². The van der Waals surface area contributed by atoms with Crippen LogP contribution in [-0.2, 0) is 12.8 Å². The Bertz CT molecular complexity index is 212. The van der Waals surface area contributed by atoms with Crippen molar-refractivity contribution in [3.8, 4) is 0 Å². The molecule has 74 valence electrons. The fraction of sp³-hybridized carbons (Fsp3) is 0.778. The van der Waals surface area contributed by atoms with Gasteiger partial charge in [0.15, 0.2) is 5.82 Å². The van der Waals surface area contributed by atoms with Gasteiger partial charge in [-0.1, -0.05) is 18.5 Å². The zero-order chi connectivity index (χ0) is 9.52. The Labute approximate surface area is 78.7 Å². The van der Waals surface area contributed by atoms with Crippen LogP contribution in [-0.4, -0.2) is 23.7 Å². The van der Waals surface area contributed by atoms with Gasteiger partial charge in [0.25, 0.3) is 0 Å². The van der Waals surface area contributed by atoms with Gasteiger partial charge in [0.2, 0.25) is 5.89 Å². The Morgan fingerprint density at radius 3 is 2.92 bits per heavy atom. The lowest BCUT2D eigenvalue weighted by Gasteiger charge is -1.91. The van der Waals surface area contributed by atoms with Crippen LogP contribution in [0.4, 0.5) is 0 Å². The number of nitrogens with one attached hydrogen (secondary N) is 1. The minimum atomic E-state index is 0.771. The van der Waals surface area contributed by atoms with Gasteiger partial charge in [-0.2, -0.15) is 4.98 Å². The summed E-state index contributed by atoms with van der Waals surface area (Å²) in [4.78, 5) is 4.27. The number of rotatable bonds is 6. The van der Waals surface area contributed by atoms with Crippen molar-refractivity contribution in [1.82, 2.24) is 15.5 Å². The molecular formula is C9H17N3O. The zero-order valence-corrected chi connectivity index (χ0v) is 8.34. The van der Waals surface area contributed by atoms with Crippen LogP contribution >= 0.6 is 0 Å². The Hall–Kier alpha value is -0.900. The quantitative estimate of drug-likeness (QED) is 0.719. The zero-order valence-electron chi connectivity index (χ0n) is 8.34. The second-order valence-corrected chi connectivity index (χ2v) is 3.06. The van der Waals surface area contributed by atoms with Crippen molar-refractivity contribution in [3.05, 3.63) is 11.7 Å². The maximum absolute atomic E-state index is 5.07. The Morgan fingerprint density at radius 1 is 1.38 bits per heavy atom. The van der Waals surface area contributed by atoms with Crippen LogP contribution in [0.3, 0.4) is 0 Å². The second-order valence-electron chi connectivity index (χ2n) is 3.06. The lowest BCUT2D eigenvalue weighted by Crippen LogP contribution is -2.11. The summed E-state index contributed by atoms with van der Waals surface area (Å²) in [5, 5.41) is 6.93. The molecule has 0 unspecified atom stereocenters. The minimum Gasteiger partial charge on any atom is -0.339 e. The third-order valence-electron chi connectivity index (χ3n) is 1.85. The van der Waals surface area contributed by atoms with E-state index in [1.807, 2.05) is 7.05 Å². The van der Waals surface area contributed by atoms with Gasteiger partial charge in [0.1, 0.15) is 0 Å². The molecule has 0 fully saturated rings. The topological polar surface area (TPSA) is 51.0 Å². The molecule has 1 aromatic rings. The van der Waals surface area contributed by atoms with Crippen molar-refractivity contribution in [2.75, 3.05) is 13.6 Å². The molecule has 0 aliphatic rings. The Morgan fingerprint density at radius 2 is 2.23 bits per heavy atom. The first-order valence-corrected chi connectivity index (χ1v) is 4.83.